The molecule has 0 aliphatic heterocycles. The molecule has 0 aliphatic carbocycles. The standard InChI is InChI=1S/C40H66O/c1-32(2)17-11-19-34(5)21-13-23-36(7)25-15-27-38(9)29-30-40(41)31-39(10)28-16-26-37(8)24-14-22-35(6)20-12-18-33(3)4/h17-18,21-22,25-26,29,31,40-41H,11-16,19-20,23-24,27-28,30H2,1-10H3. The van der Waals surface area contributed by atoms with Gasteiger partial charge < -0.3 is 5.11 Å². The fraction of sp³-hybridized carbons (Fsp3) is 0.600. The van der Waals surface area contributed by atoms with E-state index in [9.17, 15) is 5.11 Å². The molecule has 0 fully saturated rings. The molecular weight excluding hydrogens is 496 g/mol. The average molecular weight is 563 g/mol. The van der Waals surface area contributed by atoms with Crippen molar-refractivity contribution in [2.45, 2.75) is 159 Å². The van der Waals surface area contributed by atoms with Crippen LogP contribution in [0.2, 0.25) is 0 Å². The highest BCUT2D eigenvalue weighted by Crippen LogP contribution is 2.16. The molecule has 0 rings (SSSR count). The van der Waals surface area contributed by atoms with E-state index < -0.39 is 6.10 Å². The van der Waals surface area contributed by atoms with Gasteiger partial charge in [0.2, 0.25) is 0 Å². The van der Waals surface area contributed by atoms with E-state index in [0.29, 0.717) is 6.42 Å². The lowest BCUT2D eigenvalue weighted by atomic mass is 10.0. The van der Waals surface area contributed by atoms with Gasteiger partial charge in [-0.1, -0.05) is 93.2 Å². The first kappa shape index (κ1) is 38.9. The summed E-state index contributed by atoms with van der Waals surface area (Å²) in [6.45, 7) is 22.0. The van der Waals surface area contributed by atoms with E-state index in [4.69, 9.17) is 0 Å². The van der Waals surface area contributed by atoms with E-state index in [-0.39, 0.29) is 0 Å². The Morgan fingerprint density at radius 1 is 0.390 bits per heavy atom. The predicted molar refractivity (Wildman–Crippen MR) is 187 cm³/mol. The molecule has 0 aromatic carbocycles. The average Bonchev–Trinajstić information content (AvgIpc) is 2.87. The zero-order valence-electron chi connectivity index (χ0n) is 28.8. The molecule has 0 saturated carbocycles. The highest BCUT2D eigenvalue weighted by atomic mass is 16.3. The predicted octanol–water partition coefficient (Wildman–Crippen LogP) is 13.0. The lowest BCUT2D eigenvalue weighted by Crippen LogP contribution is -2.01. The van der Waals surface area contributed by atoms with Crippen molar-refractivity contribution >= 4 is 0 Å². The minimum absolute atomic E-state index is 0.390. The number of allylic oxidation sites excluding steroid dienone is 14. The lowest BCUT2D eigenvalue weighted by Gasteiger charge is -2.07. The molecule has 1 unspecified atom stereocenters. The Morgan fingerprint density at radius 3 is 0.976 bits per heavy atom. The van der Waals surface area contributed by atoms with Crippen LogP contribution in [0.25, 0.3) is 0 Å². The van der Waals surface area contributed by atoms with Crippen LogP contribution in [-0.2, 0) is 0 Å². The van der Waals surface area contributed by atoms with Crippen molar-refractivity contribution in [3.8, 4) is 0 Å². The van der Waals surface area contributed by atoms with Crippen LogP contribution >= 0.6 is 0 Å². The summed E-state index contributed by atoms with van der Waals surface area (Å²) in [4.78, 5) is 0. The number of aliphatic hydroxyl groups is 1. The normalized spacial score (nSPS) is 14.8. The molecule has 0 aromatic heterocycles. The van der Waals surface area contributed by atoms with Gasteiger partial charge in [-0.3, -0.25) is 0 Å². The molecule has 41 heavy (non-hydrogen) atoms. The van der Waals surface area contributed by atoms with Gasteiger partial charge in [-0.2, -0.15) is 0 Å². The second-order valence-corrected chi connectivity index (χ2v) is 12.9. The molecule has 0 spiro atoms. The second kappa shape index (κ2) is 24.5. The van der Waals surface area contributed by atoms with Crippen LogP contribution < -0.4 is 0 Å². The minimum Gasteiger partial charge on any atom is -0.389 e. The summed E-state index contributed by atoms with van der Waals surface area (Å²) < 4.78 is 0. The van der Waals surface area contributed by atoms with E-state index >= 15 is 0 Å². The molecule has 0 aromatic rings. The minimum atomic E-state index is -0.390. The highest BCUT2D eigenvalue weighted by molar-refractivity contribution is 5.11. The first-order valence-electron chi connectivity index (χ1n) is 16.3. The maximum atomic E-state index is 10.5. The van der Waals surface area contributed by atoms with Crippen molar-refractivity contribution in [2.75, 3.05) is 0 Å². The maximum Gasteiger partial charge on any atom is 0.0757 e. The first-order chi connectivity index (χ1) is 19.4. The van der Waals surface area contributed by atoms with E-state index in [1.54, 1.807) is 0 Å². The Balaban J connectivity index is 4.31. The Labute approximate surface area is 256 Å². The fourth-order valence-electron chi connectivity index (χ4n) is 4.67. The smallest absolute Gasteiger partial charge is 0.0757 e. The van der Waals surface area contributed by atoms with Crippen LogP contribution in [0.15, 0.2) is 93.2 Å². The Kier molecular flexibility index (Phi) is 23.2. The largest absolute Gasteiger partial charge is 0.389 e. The van der Waals surface area contributed by atoms with E-state index in [1.165, 1.54) is 57.4 Å². The number of rotatable bonds is 21. The summed E-state index contributed by atoms with van der Waals surface area (Å²) in [6.07, 6.45) is 32.2. The summed E-state index contributed by atoms with van der Waals surface area (Å²) >= 11 is 0. The molecule has 0 aliphatic rings. The molecule has 0 radical (unpaired) electrons. The Morgan fingerprint density at radius 2 is 0.659 bits per heavy atom. The lowest BCUT2D eigenvalue weighted by molar-refractivity contribution is 0.225. The summed E-state index contributed by atoms with van der Waals surface area (Å²) in [5.41, 5.74) is 11.4. The van der Waals surface area contributed by atoms with Crippen molar-refractivity contribution in [1.29, 1.82) is 0 Å². The maximum absolute atomic E-state index is 10.5. The van der Waals surface area contributed by atoms with E-state index in [0.717, 1.165) is 64.2 Å². The van der Waals surface area contributed by atoms with Gasteiger partial charge in [-0.15, -0.1) is 0 Å². The van der Waals surface area contributed by atoms with Gasteiger partial charge in [0.15, 0.2) is 0 Å². The van der Waals surface area contributed by atoms with Gasteiger partial charge in [0.05, 0.1) is 6.10 Å². The van der Waals surface area contributed by atoms with Crippen LogP contribution in [0.1, 0.15) is 153 Å². The molecule has 1 heteroatoms. The molecule has 0 amide bonds. The SMILES string of the molecule is CC(C)=CCCC(C)=CCCC(C)=CCCC(C)=CCC(O)C=C(C)CCC=C(C)CCC=C(C)CCC=C(C)C. The van der Waals surface area contributed by atoms with Gasteiger partial charge in [-0.25, -0.2) is 0 Å². The first-order valence-corrected chi connectivity index (χ1v) is 16.3. The highest BCUT2D eigenvalue weighted by Gasteiger charge is 2.01. The van der Waals surface area contributed by atoms with Crippen LogP contribution in [0.4, 0.5) is 0 Å². The van der Waals surface area contributed by atoms with Gasteiger partial charge in [0.1, 0.15) is 0 Å². The Bertz CT molecular complexity index is 962. The van der Waals surface area contributed by atoms with Crippen LogP contribution in [0, 0.1) is 0 Å². The molecular formula is C40H66O. The third kappa shape index (κ3) is 26.5. The molecule has 0 saturated heterocycles. The van der Waals surface area contributed by atoms with Crippen molar-refractivity contribution in [3.05, 3.63) is 93.2 Å². The molecule has 1 atom stereocenters. The summed E-state index contributed by atoms with van der Waals surface area (Å²) in [5, 5.41) is 10.5. The number of aliphatic hydroxyl groups excluding tert-OH is 1. The van der Waals surface area contributed by atoms with Crippen LogP contribution in [0.5, 0.6) is 0 Å². The van der Waals surface area contributed by atoms with Crippen LogP contribution in [-0.4, -0.2) is 11.2 Å². The van der Waals surface area contributed by atoms with Crippen molar-refractivity contribution < 1.29 is 5.11 Å². The van der Waals surface area contributed by atoms with Gasteiger partial charge >= 0.3 is 0 Å². The van der Waals surface area contributed by atoms with Gasteiger partial charge in [0, 0.05) is 0 Å². The second-order valence-electron chi connectivity index (χ2n) is 12.9. The van der Waals surface area contributed by atoms with E-state index in [1.807, 2.05) is 6.08 Å². The van der Waals surface area contributed by atoms with Crippen LogP contribution in [0.3, 0.4) is 0 Å². The molecule has 0 bridgehead atoms. The molecule has 1 nitrogen and oxygen atoms in total. The van der Waals surface area contributed by atoms with Crippen molar-refractivity contribution in [1.82, 2.24) is 0 Å². The van der Waals surface area contributed by atoms with Gasteiger partial charge in [0.25, 0.3) is 0 Å². The third-order valence-electron chi connectivity index (χ3n) is 7.49. The fourth-order valence-corrected chi connectivity index (χ4v) is 4.67. The van der Waals surface area contributed by atoms with Crippen molar-refractivity contribution in [2.24, 2.45) is 0 Å². The quantitative estimate of drug-likeness (QED) is 0.138. The molecule has 1 N–H and O–H groups in total. The number of hydrogen-bond donors (Lipinski definition) is 1. The van der Waals surface area contributed by atoms with Gasteiger partial charge in [-0.05, 0) is 153 Å². The monoisotopic (exact) mass is 563 g/mol. The van der Waals surface area contributed by atoms with E-state index in [2.05, 4.69) is 112 Å². The summed E-state index contributed by atoms with van der Waals surface area (Å²) in [5.74, 6) is 0. The summed E-state index contributed by atoms with van der Waals surface area (Å²) in [7, 11) is 0. The summed E-state index contributed by atoms with van der Waals surface area (Å²) in [6, 6.07) is 0. The zero-order valence-corrected chi connectivity index (χ0v) is 28.8. The van der Waals surface area contributed by atoms with Crippen molar-refractivity contribution in [3.63, 3.8) is 0 Å². The number of hydrogen-bond acceptors (Lipinski definition) is 1. The Hall–Kier alpha value is -2.12. The zero-order chi connectivity index (χ0) is 31.0. The topological polar surface area (TPSA) is 20.2 Å². The third-order valence-corrected chi connectivity index (χ3v) is 7.49. The molecule has 0 heterocycles. The molecule has 232 valence electrons.